The maximum absolute atomic E-state index is 11.6. The summed E-state index contributed by atoms with van der Waals surface area (Å²) in [5.41, 5.74) is 3.00. The van der Waals surface area contributed by atoms with Crippen LogP contribution in [-0.4, -0.2) is 20.9 Å². The van der Waals surface area contributed by atoms with Crippen molar-refractivity contribution < 1.29 is 4.79 Å². The summed E-state index contributed by atoms with van der Waals surface area (Å²) in [6, 6.07) is 14.9. The van der Waals surface area contributed by atoms with Gasteiger partial charge in [0.1, 0.15) is 16.4 Å². The minimum Gasteiger partial charge on any atom is -0.296 e. The number of halogens is 2. The Morgan fingerprint density at radius 1 is 1.00 bits per heavy atom. The Labute approximate surface area is 157 Å². The summed E-state index contributed by atoms with van der Waals surface area (Å²) in [7, 11) is 0. The Morgan fingerprint density at radius 2 is 1.64 bits per heavy atom. The molecular weight excluding hydrogens is 377 g/mol. The van der Waals surface area contributed by atoms with Crippen molar-refractivity contribution in [2.24, 2.45) is 0 Å². The van der Waals surface area contributed by atoms with Gasteiger partial charge in [-0.25, -0.2) is 4.98 Å². The lowest BCUT2D eigenvalue weighted by Gasteiger charge is -1.99. The summed E-state index contributed by atoms with van der Waals surface area (Å²) in [5.74, 6) is 0. The first-order chi connectivity index (χ1) is 12.1. The second kappa shape index (κ2) is 6.59. The van der Waals surface area contributed by atoms with Gasteiger partial charge in [0.2, 0.25) is 4.96 Å². The van der Waals surface area contributed by atoms with E-state index in [1.807, 2.05) is 36.4 Å². The molecule has 0 unspecified atom stereocenters. The average Bonchev–Trinajstić information content (AvgIpc) is 3.14. The molecule has 4 rings (SSSR count). The molecule has 0 aliphatic rings. The Bertz CT molecular complexity index is 1050. The number of imidazole rings is 1. The van der Waals surface area contributed by atoms with E-state index in [4.69, 9.17) is 23.2 Å². The van der Waals surface area contributed by atoms with E-state index in [-0.39, 0.29) is 0 Å². The zero-order valence-electron chi connectivity index (χ0n) is 12.8. The van der Waals surface area contributed by atoms with Crippen molar-refractivity contribution in [3.05, 3.63) is 74.8 Å². The molecule has 0 saturated carbocycles. The van der Waals surface area contributed by atoms with Crippen LogP contribution >= 0.6 is 34.5 Å². The molecule has 124 valence electrons. The van der Waals surface area contributed by atoms with Crippen molar-refractivity contribution in [3.63, 3.8) is 0 Å². The van der Waals surface area contributed by atoms with Crippen LogP contribution in [0.3, 0.4) is 0 Å². The smallest absolute Gasteiger partial charge is 0.213 e. The molecule has 0 aliphatic heterocycles. The molecule has 2 aromatic carbocycles. The second-order valence-electron chi connectivity index (χ2n) is 5.46. The topological polar surface area (TPSA) is 47.3 Å². The van der Waals surface area contributed by atoms with Crippen LogP contribution in [0.1, 0.15) is 21.1 Å². The molecule has 7 heteroatoms. The number of hydrogen-bond acceptors (Lipinski definition) is 4. The van der Waals surface area contributed by atoms with E-state index in [0.717, 1.165) is 22.4 Å². The van der Waals surface area contributed by atoms with Crippen molar-refractivity contribution in [2.45, 2.75) is 6.42 Å². The van der Waals surface area contributed by atoms with Crippen LogP contribution in [0.5, 0.6) is 0 Å². The highest BCUT2D eigenvalue weighted by atomic mass is 35.5. The summed E-state index contributed by atoms with van der Waals surface area (Å²) in [4.78, 5) is 16.9. The summed E-state index contributed by atoms with van der Waals surface area (Å²) in [6.07, 6.45) is 1.45. The Kier molecular flexibility index (Phi) is 4.29. The number of fused-ring (bicyclic) bond motifs is 1. The minimum absolute atomic E-state index is 0.441. The van der Waals surface area contributed by atoms with Gasteiger partial charge in [0.15, 0.2) is 6.29 Å². The maximum Gasteiger partial charge on any atom is 0.213 e. The Balaban J connectivity index is 1.72. The predicted molar refractivity (Wildman–Crippen MR) is 101 cm³/mol. The number of carbonyl (C=O) groups excluding carboxylic acids is 1. The highest BCUT2D eigenvalue weighted by molar-refractivity contribution is 7.16. The molecule has 0 amide bonds. The first kappa shape index (κ1) is 16.3. The van der Waals surface area contributed by atoms with Gasteiger partial charge in [-0.3, -0.25) is 4.79 Å². The van der Waals surface area contributed by atoms with Gasteiger partial charge in [0.25, 0.3) is 0 Å². The second-order valence-corrected chi connectivity index (χ2v) is 7.38. The third-order valence-corrected chi connectivity index (χ3v) is 5.19. The van der Waals surface area contributed by atoms with Gasteiger partial charge in [0.05, 0.1) is 0 Å². The molecule has 4 nitrogen and oxygen atoms in total. The normalized spacial score (nSPS) is 11.1. The van der Waals surface area contributed by atoms with E-state index in [0.29, 0.717) is 32.8 Å². The van der Waals surface area contributed by atoms with Gasteiger partial charge in [-0.2, -0.15) is 9.61 Å². The summed E-state index contributed by atoms with van der Waals surface area (Å²) in [5, 5.41) is 6.77. The van der Waals surface area contributed by atoms with Crippen molar-refractivity contribution in [3.8, 4) is 11.3 Å². The molecule has 0 radical (unpaired) electrons. The van der Waals surface area contributed by atoms with Gasteiger partial charge in [0, 0.05) is 22.0 Å². The summed E-state index contributed by atoms with van der Waals surface area (Å²) in [6.45, 7) is 0. The summed E-state index contributed by atoms with van der Waals surface area (Å²) < 4.78 is 1.60. The van der Waals surface area contributed by atoms with E-state index in [1.54, 1.807) is 16.6 Å². The van der Waals surface area contributed by atoms with Gasteiger partial charge < -0.3 is 0 Å². The van der Waals surface area contributed by atoms with Crippen molar-refractivity contribution in [1.82, 2.24) is 14.6 Å². The molecule has 0 N–H and O–H groups in total. The van der Waals surface area contributed by atoms with Gasteiger partial charge in [-0.15, -0.1) is 0 Å². The number of nitrogens with zero attached hydrogens (tertiary/aromatic N) is 3. The standard InChI is InChI=1S/C18H11Cl2N3OS/c19-13-5-1-11(2-6-13)9-16-22-23-15(10-24)17(21-18(23)25-16)12-3-7-14(20)8-4-12/h1-8,10H,9H2. The van der Waals surface area contributed by atoms with E-state index in [9.17, 15) is 4.79 Å². The fourth-order valence-electron chi connectivity index (χ4n) is 2.58. The van der Waals surface area contributed by atoms with Crippen LogP contribution in [0.4, 0.5) is 0 Å². The quantitative estimate of drug-likeness (QED) is 0.453. The molecule has 2 heterocycles. The molecule has 4 aromatic rings. The highest BCUT2D eigenvalue weighted by Crippen LogP contribution is 2.28. The van der Waals surface area contributed by atoms with Crippen LogP contribution in [0.25, 0.3) is 16.2 Å². The fourth-order valence-corrected chi connectivity index (χ4v) is 3.76. The van der Waals surface area contributed by atoms with Crippen LogP contribution in [0, 0.1) is 0 Å². The van der Waals surface area contributed by atoms with Gasteiger partial charge in [-0.1, -0.05) is 58.8 Å². The fraction of sp³-hybridized carbons (Fsp3) is 0.0556. The van der Waals surface area contributed by atoms with Crippen LogP contribution in [0.15, 0.2) is 48.5 Å². The first-order valence-electron chi connectivity index (χ1n) is 7.48. The third kappa shape index (κ3) is 3.18. The van der Waals surface area contributed by atoms with Crippen LogP contribution in [0.2, 0.25) is 10.0 Å². The molecule has 0 atom stereocenters. The molecule has 0 bridgehead atoms. The number of benzene rings is 2. The van der Waals surface area contributed by atoms with Gasteiger partial charge in [-0.05, 0) is 29.8 Å². The lowest BCUT2D eigenvalue weighted by atomic mass is 10.1. The van der Waals surface area contributed by atoms with Crippen molar-refractivity contribution in [2.75, 3.05) is 0 Å². The molecular formula is C18H11Cl2N3OS. The minimum atomic E-state index is 0.441. The zero-order valence-corrected chi connectivity index (χ0v) is 15.1. The van der Waals surface area contributed by atoms with Crippen molar-refractivity contribution >= 4 is 45.8 Å². The van der Waals surface area contributed by atoms with E-state index in [1.165, 1.54) is 11.3 Å². The van der Waals surface area contributed by atoms with Crippen molar-refractivity contribution in [1.29, 1.82) is 0 Å². The Morgan fingerprint density at radius 3 is 2.28 bits per heavy atom. The molecule has 25 heavy (non-hydrogen) atoms. The zero-order chi connectivity index (χ0) is 17.4. The van der Waals surface area contributed by atoms with Crippen LogP contribution in [-0.2, 0) is 6.42 Å². The van der Waals surface area contributed by atoms with Crippen LogP contribution < -0.4 is 0 Å². The molecule has 0 saturated heterocycles. The number of hydrogen-bond donors (Lipinski definition) is 0. The molecule has 0 spiro atoms. The predicted octanol–water partition coefficient (Wildman–Crippen LogP) is 5.17. The monoisotopic (exact) mass is 387 g/mol. The first-order valence-corrected chi connectivity index (χ1v) is 9.05. The molecule has 0 fully saturated rings. The number of rotatable bonds is 4. The molecule has 0 aliphatic carbocycles. The van der Waals surface area contributed by atoms with E-state index < -0.39 is 0 Å². The summed E-state index contributed by atoms with van der Waals surface area (Å²) >= 11 is 13.3. The average molecular weight is 388 g/mol. The number of carbonyl (C=O) groups is 1. The third-order valence-electron chi connectivity index (χ3n) is 3.78. The SMILES string of the molecule is O=Cc1c(-c2ccc(Cl)cc2)nc2sc(Cc3ccc(Cl)cc3)nn12. The highest BCUT2D eigenvalue weighted by Gasteiger charge is 2.17. The number of aromatic nitrogens is 3. The lowest BCUT2D eigenvalue weighted by molar-refractivity contribution is 0.111. The van der Waals surface area contributed by atoms with E-state index >= 15 is 0 Å². The lowest BCUT2D eigenvalue weighted by Crippen LogP contribution is -1.96. The largest absolute Gasteiger partial charge is 0.296 e. The van der Waals surface area contributed by atoms with Gasteiger partial charge >= 0.3 is 0 Å². The number of aldehydes is 1. The maximum atomic E-state index is 11.6. The van der Waals surface area contributed by atoms with E-state index in [2.05, 4.69) is 10.1 Å². The molecule has 2 aromatic heterocycles. The Hall–Kier alpha value is -2.21.